The fourth-order valence-corrected chi connectivity index (χ4v) is 5.65. The molecule has 1 aliphatic rings. The average Bonchev–Trinajstić information content (AvgIpc) is 2.81. The Morgan fingerprint density at radius 3 is 2.37 bits per heavy atom. The number of hydrogen-bond donors (Lipinski definition) is 2. The molecule has 2 aromatic rings. The van der Waals surface area contributed by atoms with Crippen molar-refractivity contribution in [1.29, 1.82) is 0 Å². The minimum absolute atomic E-state index is 0.149. The van der Waals surface area contributed by atoms with E-state index in [4.69, 9.17) is 11.6 Å². The summed E-state index contributed by atoms with van der Waals surface area (Å²) in [6, 6.07) is 7.22. The average molecular weight is 578 g/mol. The van der Waals surface area contributed by atoms with E-state index in [2.05, 4.69) is 14.9 Å². The molecule has 210 valence electrons. The monoisotopic (exact) mass is 577 g/mol. The van der Waals surface area contributed by atoms with Gasteiger partial charge in [-0.25, -0.2) is 17.5 Å². The second-order valence-electron chi connectivity index (χ2n) is 10.0. The Bertz CT molecular complexity index is 1260. The molecule has 1 unspecified atom stereocenters. The normalized spacial score (nSPS) is 17.3. The van der Waals surface area contributed by atoms with Gasteiger partial charge in [0.2, 0.25) is 15.9 Å². The van der Waals surface area contributed by atoms with Crippen LogP contribution < -0.4 is 10.0 Å². The van der Waals surface area contributed by atoms with E-state index in [9.17, 15) is 30.8 Å². The molecule has 12 heteroatoms. The molecule has 0 spiro atoms. The van der Waals surface area contributed by atoms with Crippen molar-refractivity contribution in [2.24, 2.45) is 0 Å². The Hall–Kier alpha value is -2.21. The smallest absolute Gasteiger partial charge is 0.351 e. The minimum atomic E-state index is -4.69. The van der Waals surface area contributed by atoms with Crippen molar-refractivity contribution in [3.63, 3.8) is 0 Å². The maximum absolute atomic E-state index is 13.8. The fraction of sp³-hybridized carbons (Fsp3) is 0.500. The van der Waals surface area contributed by atoms with Gasteiger partial charge in [0.05, 0.1) is 17.2 Å². The molecule has 1 atom stereocenters. The highest BCUT2D eigenvalue weighted by Gasteiger charge is 2.37. The molecule has 0 aliphatic carbocycles. The maximum Gasteiger partial charge on any atom is 0.416 e. The summed E-state index contributed by atoms with van der Waals surface area (Å²) in [4.78, 5) is 15.7. The molecule has 0 bridgehead atoms. The van der Waals surface area contributed by atoms with Crippen molar-refractivity contribution in [3.8, 4) is 0 Å². The molecule has 0 radical (unpaired) electrons. The van der Waals surface area contributed by atoms with E-state index in [0.717, 1.165) is 24.0 Å². The van der Waals surface area contributed by atoms with Gasteiger partial charge in [-0.1, -0.05) is 23.7 Å². The zero-order valence-electron chi connectivity index (χ0n) is 21.5. The molecule has 0 saturated carbocycles. The second-order valence-corrected chi connectivity index (χ2v) is 12.2. The van der Waals surface area contributed by atoms with Crippen LogP contribution in [0, 0.1) is 12.7 Å². The Kier molecular flexibility index (Phi) is 9.49. The first-order valence-electron chi connectivity index (χ1n) is 12.2. The van der Waals surface area contributed by atoms with Crippen molar-refractivity contribution >= 4 is 27.5 Å². The molecule has 1 heterocycles. The summed E-state index contributed by atoms with van der Waals surface area (Å²) < 4.78 is 79.7. The van der Waals surface area contributed by atoms with Crippen molar-refractivity contribution in [1.82, 2.24) is 14.9 Å². The van der Waals surface area contributed by atoms with Crippen LogP contribution in [0.3, 0.4) is 0 Å². The molecule has 2 aromatic carbocycles. The lowest BCUT2D eigenvalue weighted by atomic mass is 9.77. The lowest BCUT2D eigenvalue weighted by molar-refractivity contribution is -0.138. The van der Waals surface area contributed by atoms with Gasteiger partial charge in [0, 0.05) is 17.6 Å². The summed E-state index contributed by atoms with van der Waals surface area (Å²) in [5.41, 5.74) is -1.08. The number of alkyl halides is 3. The predicted molar refractivity (Wildman–Crippen MR) is 139 cm³/mol. The Labute approximate surface area is 225 Å². The molecule has 38 heavy (non-hydrogen) atoms. The lowest BCUT2D eigenvalue weighted by Crippen LogP contribution is -2.47. The molecule has 0 aromatic heterocycles. The number of carbonyl (C=O) groups excluding carboxylic acids is 1. The standard InChI is InChI=1S/C26H32ClF4N3O3S/c1-17-14-19(4-7-23(17)27)25(2,10-13-34-11-8-21(9-12-34)33-38(3,36)37)24(35)32-16-18-15-20(28)5-6-22(18)26(29,30)31/h4-7,14-15,21,33H,8-13,16H2,1-3H3,(H,32,35). The highest BCUT2D eigenvalue weighted by molar-refractivity contribution is 7.88. The highest BCUT2D eigenvalue weighted by Crippen LogP contribution is 2.34. The molecule has 1 amide bonds. The zero-order chi connectivity index (χ0) is 28.3. The zero-order valence-corrected chi connectivity index (χ0v) is 23.0. The molecule has 1 fully saturated rings. The van der Waals surface area contributed by atoms with E-state index >= 15 is 0 Å². The molecule has 1 saturated heterocycles. The minimum Gasteiger partial charge on any atom is -0.351 e. The second kappa shape index (κ2) is 11.9. The van der Waals surface area contributed by atoms with Crippen molar-refractivity contribution in [2.45, 2.75) is 57.3 Å². The van der Waals surface area contributed by atoms with E-state index in [1.54, 1.807) is 32.0 Å². The van der Waals surface area contributed by atoms with Gasteiger partial charge in [-0.2, -0.15) is 13.2 Å². The van der Waals surface area contributed by atoms with Gasteiger partial charge in [-0.3, -0.25) is 4.79 Å². The highest BCUT2D eigenvalue weighted by atomic mass is 35.5. The number of sulfonamides is 1. The molecular formula is C26H32ClF4N3O3S. The molecule has 3 rings (SSSR count). The van der Waals surface area contributed by atoms with Gasteiger partial charge >= 0.3 is 6.18 Å². The van der Waals surface area contributed by atoms with E-state index in [1.807, 2.05) is 0 Å². The maximum atomic E-state index is 13.8. The van der Waals surface area contributed by atoms with Crippen LogP contribution in [0.5, 0.6) is 0 Å². The van der Waals surface area contributed by atoms with Gasteiger partial charge in [0.15, 0.2) is 0 Å². The number of hydrogen-bond acceptors (Lipinski definition) is 4. The summed E-state index contributed by atoms with van der Waals surface area (Å²) in [5.74, 6) is -1.32. The number of halogens is 5. The van der Waals surface area contributed by atoms with Gasteiger partial charge in [0.1, 0.15) is 5.82 Å². The van der Waals surface area contributed by atoms with Gasteiger partial charge in [0.25, 0.3) is 0 Å². The topological polar surface area (TPSA) is 78.5 Å². The van der Waals surface area contributed by atoms with Crippen LogP contribution in [0.25, 0.3) is 0 Å². The molecule has 1 aliphatic heterocycles. The van der Waals surface area contributed by atoms with Crippen LogP contribution in [-0.2, 0) is 33.0 Å². The number of nitrogens with one attached hydrogen (secondary N) is 2. The molecule has 2 N–H and O–H groups in total. The summed E-state index contributed by atoms with van der Waals surface area (Å²) in [5, 5.41) is 3.12. The number of benzene rings is 2. The first-order chi connectivity index (χ1) is 17.6. The van der Waals surface area contributed by atoms with E-state index in [-0.39, 0.29) is 11.6 Å². The van der Waals surface area contributed by atoms with Crippen LogP contribution in [0.2, 0.25) is 5.02 Å². The number of carbonyl (C=O) groups is 1. The van der Waals surface area contributed by atoms with Crippen molar-refractivity contribution in [3.05, 3.63) is 69.5 Å². The van der Waals surface area contributed by atoms with E-state index < -0.39 is 45.4 Å². The summed E-state index contributed by atoms with van der Waals surface area (Å²) in [6.45, 7) is 4.79. The fourth-order valence-electron chi connectivity index (χ4n) is 4.69. The molecular weight excluding hydrogens is 546 g/mol. The quantitative estimate of drug-likeness (QED) is 0.420. The van der Waals surface area contributed by atoms with Crippen LogP contribution in [-0.4, -0.2) is 51.2 Å². The van der Waals surface area contributed by atoms with Crippen LogP contribution in [0.1, 0.15) is 48.4 Å². The first kappa shape index (κ1) is 30.3. The largest absolute Gasteiger partial charge is 0.416 e. The third-order valence-electron chi connectivity index (χ3n) is 7.00. The number of piperidine rings is 1. The third kappa shape index (κ3) is 7.91. The lowest BCUT2D eigenvalue weighted by Gasteiger charge is -2.35. The van der Waals surface area contributed by atoms with Gasteiger partial charge in [-0.15, -0.1) is 0 Å². The number of nitrogens with zero attached hydrogens (tertiary/aromatic N) is 1. The van der Waals surface area contributed by atoms with Crippen LogP contribution >= 0.6 is 11.6 Å². The summed E-state index contributed by atoms with van der Waals surface area (Å²) in [7, 11) is -3.30. The van der Waals surface area contributed by atoms with Gasteiger partial charge < -0.3 is 10.2 Å². The van der Waals surface area contributed by atoms with Crippen LogP contribution in [0.4, 0.5) is 17.6 Å². The number of rotatable bonds is 9. The Morgan fingerprint density at radius 1 is 1.13 bits per heavy atom. The first-order valence-corrected chi connectivity index (χ1v) is 14.5. The SMILES string of the molecule is Cc1cc(C(C)(CCN2CCC(NS(C)(=O)=O)CC2)C(=O)NCc2cc(F)ccc2C(F)(F)F)ccc1Cl. The summed E-state index contributed by atoms with van der Waals surface area (Å²) >= 11 is 6.19. The Balaban J connectivity index is 1.78. The summed E-state index contributed by atoms with van der Waals surface area (Å²) in [6.07, 6.45) is -1.98. The van der Waals surface area contributed by atoms with E-state index in [0.29, 0.717) is 55.5 Å². The van der Waals surface area contributed by atoms with Crippen molar-refractivity contribution in [2.75, 3.05) is 25.9 Å². The molecule has 6 nitrogen and oxygen atoms in total. The van der Waals surface area contributed by atoms with Crippen LogP contribution in [0.15, 0.2) is 36.4 Å². The Morgan fingerprint density at radius 2 is 1.79 bits per heavy atom. The van der Waals surface area contributed by atoms with Crippen molar-refractivity contribution < 1.29 is 30.8 Å². The van der Waals surface area contributed by atoms with Gasteiger partial charge in [-0.05, 0) is 93.7 Å². The number of amides is 1. The predicted octanol–water partition coefficient (Wildman–Crippen LogP) is 4.78. The number of likely N-dealkylation sites (tertiary alicyclic amines) is 1. The number of aryl methyl sites for hydroxylation is 1. The van der Waals surface area contributed by atoms with E-state index in [1.165, 1.54) is 0 Å². The third-order valence-corrected chi connectivity index (χ3v) is 8.19.